The first-order chi connectivity index (χ1) is 11.9. The van der Waals surface area contributed by atoms with Crippen LogP contribution in [0.5, 0.6) is 0 Å². The minimum atomic E-state index is 0.0955. The van der Waals surface area contributed by atoms with Gasteiger partial charge in [0.15, 0.2) is 5.17 Å². The van der Waals surface area contributed by atoms with Crippen molar-refractivity contribution in [2.75, 3.05) is 5.32 Å². The van der Waals surface area contributed by atoms with Crippen molar-refractivity contribution in [2.45, 2.75) is 13.8 Å². The number of thioether (sulfide) groups is 1. The molecule has 0 amide bonds. The van der Waals surface area contributed by atoms with E-state index < -0.39 is 0 Å². The van der Waals surface area contributed by atoms with Gasteiger partial charge in [-0.05, 0) is 30.0 Å². The Balaban J connectivity index is 1.91. The third kappa shape index (κ3) is 3.85. The number of fused-ring (bicyclic) bond motifs is 1. The first-order valence-electron chi connectivity index (χ1n) is 7.80. The summed E-state index contributed by atoms with van der Waals surface area (Å²) < 4.78 is 1.74. The Hall–Kier alpha value is -2.74. The highest BCUT2D eigenvalue weighted by atomic mass is 32.2. The van der Waals surface area contributed by atoms with Crippen molar-refractivity contribution in [3.63, 3.8) is 0 Å². The van der Waals surface area contributed by atoms with Crippen molar-refractivity contribution in [2.24, 2.45) is 13.0 Å². The van der Waals surface area contributed by atoms with E-state index in [2.05, 4.69) is 20.4 Å². The molecule has 3 N–H and O–H groups in total. The van der Waals surface area contributed by atoms with Gasteiger partial charge in [0.05, 0.1) is 22.3 Å². The summed E-state index contributed by atoms with van der Waals surface area (Å²) in [5, 5.41) is 23.7. The number of rotatable bonds is 3. The van der Waals surface area contributed by atoms with Crippen LogP contribution in [0.4, 0.5) is 5.82 Å². The molecule has 128 valence electrons. The number of anilines is 1. The molecule has 0 spiro atoms. The third-order valence-corrected chi connectivity index (χ3v) is 4.58. The zero-order valence-electron chi connectivity index (χ0n) is 14.2. The van der Waals surface area contributed by atoms with Crippen molar-refractivity contribution in [3.05, 3.63) is 36.8 Å². The number of pyridine rings is 2. The van der Waals surface area contributed by atoms with Gasteiger partial charge in [0.2, 0.25) is 0 Å². The molecule has 0 atom stereocenters. The Kier molecular flexibility index (Phi) is 4.80. The van der Waals surface area contributed by atoms with Gasteiger partial charge in [-0.25, -0.2) is 4.98 Å². The van der Waals surface area contributed by atoms with Crippen LogP contribution >= 0.6 is 11.8 Å². The maximum absolute atomic E-state index is 8.02. The highest BCUT2D eigenvalue weighted by molar-refractivity contribution is 8.26. The molecule has 25 heavy (non-hydrogen) atoms. The average molecular weight is 353 g/mol. The van der Waals surface area contributed by atoms with Gasteiger partial charge in [0.1, 0.15) is 5.82 Å². The Bertz CT molecular complexity index is 945. The number of amidine groups is 1. The minimum Gasteiger partial charge on any atom is -0.320 e. The summed E-state index contributed by atoms with van der Waals surface area (Å²) in [6.45, 7) is 3.87. The summed E-state index contributed by atoms with van der Waals surface area (Å²) in [6.07, 6.45) is 5.47. The molecule has 0 aromatic carbocycles. The molecule has 0 aliphatic rings. The summed E-state index contributed by atoms with van der Waals surface area (Å²) in [4.78, 5) is 8.97. The van der Waals surface area contributed by atoms with Crippen LogP contribution in [0, 0.1) is 16.7 Å². The lowest BCUT2D eigenvalue weighted by Crippen LogP contribution is -2.12. The van der Waals surface area contributed by atoms with Crippen LogP contribution in [0.2, 0.25) is 0 Å². The molecular formula is C17H19N7S. The lowest BCUT2D eigenvalue weighted by atomic mass is 10.1. The first kappa shape index (κ1) is 17.1. The van der Waals surface area contributed by atoms with E-state index >= 15 is 0 Å². The molecule has 0 saturated carbocycles. The van der Waals surface area contributed by atoms with Crippen molar-refractivity contribution >= 4 is 38.8 Å². The van der Waals surface area contributed by atoms with Crippen LogP contribution in [-0.4, -0.2) is 30.0 Å². The molecule has 3 rings (SSSR count). The minimum absolute atomic E-state index is 0.0955. The van der Waals surface area contributed by atoms with E-state index in [1.807, 2.05) is 39.2 Å². The second-order valence-corrected chi connectivity index (χ2v) is 6.95. The predicted octanol–water partition coefficient (Wildman–Crippen LogP) is 3.74. The normalized spacial score (nSPS) is 11.0. The SMILES string of the molecule is CC(C)C(=N)SC(=N)Nc1ccc2nccc(-c3cnn(C)c3)c2n1. The molecule has 0 radical (unpaired) electrons. The topological polar surface area (TPSA) is 103 Å². The van der Waals surface area contributed by atoms with Crippen LogP contribution in [0.1, 0.15) is 13.8 Å². The van der Waals surface area contributed by atoms with Gasteiger partial charge in [0.25, 0.3) is 0 Å². The van der Waals surface area contributed by atoms with Gasteiger partial charge in [-0.3, -0.25) is 20.5 Å². The van der Waals surface area contributed by atoms with Crippen LogP contribution in [0.25, 0.3) is 22.2 Å². The molecule has 0 aliphatic carbocycles. The third-order valence-electron chi connectivity index (χ3n) is 3.58. The van der Waals surface area contributed by atoms with E-state index in [0.29, 0.717) is 10.9 Å². The monoisotopic (exact) mass is 353 g/mol. The lowest BCUT2D eigenvalue weighted by molar-refractivity contribution is 0.768. The number of aromatic nitrogens is 4. The summed E-state index contributed by atoms with van der Waals surface area (Å²) >= 11 is 1.10. The van der Waals surface area contributed by atoms with Gasteiger partial charge in [-0.2, -0.15) is 5.10 Å². The fourth-order valence-electron chi connectivity index (χ4n) is 2.26. The van der Waals surface area contributed by atoms with Crippen LogP contribution in [0.3, 0.4) is 0 Å². The number of nitrogens with one attached hydrogen (secondary N) is 3. The lowest BCUT2D eigenvalue weighted by Gasteiger charge is -2.10. The van der Waals surface area contributed by atoms with E-state index in [0.717, 1.165) is 33.9 Å². The fourth-order valence-corrected chi connectivity index (χ4v) is 2.87. The van der Waals surface area contributed by atoms with Crippen molar-refractivity contribution in [1.29, 1.82) is 10.8 Å². The zero-order chi connectivity index (χ0) is 18.0. The quantitative estimate of drug-likeness (QED) is 0.491. The molecular weight excluding hydrogens is 334 g/mol. The highest BCUT2D eigenvalue weighted by Gasteiger charge is 2.11. The van der Waals surface area contributed by atoms with E-state index in [9.17, 15) is 0 Å². The average Bonchev–Trinajstić information content (AvgIpc) is 3.00. The summed E-state index contributed by atoms with van der Waals surface area (Å²) in [6, 6.07) is 5.57. The molecule has 7 nitrogen and oxygen atoms in total. The highest BCUT2D eigenvalue weighted by Crippen LogP contribution is 2.27. The smallest absolute Gasteiger partial charge is 0.165 e. The Labute approximate surface area is 149 Å². The Morgan fingerprint density at radius 2 is 2.04 bits per heavy atom. The number of hydrogen-bond acceptors (Lipinski definition) is 6. The molecule has 3 aromatic rings. The van der Waals surface area contributed by atoms with E-state index in [-0.39, 0.29) is 11.1 Å². The molecule has 0 aliphatic heterocycles. The van der Waals surface area contributed by atoms with Crippen LogP contribution in [-0.2, 0) is 7.05 Å². The zero-order valence-corrected chi connectivity index (χ0v) is 15.1. The maximum Gasteiger partial charge on any atom is 0.165 e. The summed E-state index contributed by atoms with van der Waals surface area (Å²) in [7, 11) is 1.87. The van der Waals surface area contributed by atoms with E-state index in [1.165, 1.54) is 0 Å². The number of aryl methyl sites for hydroxylation is 1. The van der Waals surface area contributed by atoms with Crippen LogP contribution < -0.4 is 5.32 Å². The van der Waals surface area contributed by atoms with Crippen molar-refractivity contribution in [3.8, 4) is 11.1 Å². The summed E-state index contributed by atoms with van der Waals surface area (Å²) in [5.41, 5.74) is 3.43. The fraction of sp³-hybridized carbons (Fsp3) is 0.235. The summed E-state index contributed by atoms with van der Waals surface area (Å²) in [5.74, 6) is 0.651. The van der Waals surface area contributed by atoms with E-state index in [1.54, 1.807) is 23.1 Å². The van der Waals surface area contributed by atoms with Gasteiger partial charge >= 0.3 is 0 Å². The molecule has 0 saturated heterocycles. The Morgan fingerprint density at radius 3 is 2.72 bits per heavy atom. The van der Waals surface area contributed by atoms with Crippen molar-refractivity contribution < 1.29 is 0 Å². The van der Waals surface area contributed by atoms with Crippen molar-refractivity contribution in [1.82, 2.24) is 19.7 Å². The molecule has 3 heterocycles. The molecule has 8 heteroatoms. The second kappa shape index (κ2) is 7.02. The van der Waals surface area contributed by atoms with Gasteiger partial charge < -0.3 is 5.32 Å². The number of hydrogen-bond donors (Lipinski definition) is 3. The van der Waals surface area contributed by atoms with Gasteiger partial charge in [-0.1, -0.05) is 13.8 Å². The standard InChI is InChI=1S/C17H19N7S/c1-10(2)16(18)25-17(19)23-14-5-4-13-15(22-14)12(6-7-20-13)11-8-21-24(3)9-11/h4-10,18H,1-3H3,(H2,19,22,23). The first-order valence-corrected chi connectivity index (χ1v) is 8.62. The van der Waals surface area contributed by atoms with Gasteiger partial charge in [-0.15, -0.1) is 0 Å². The maximum atomic E-state index is 8.02. The van der Waals surface area contributed by atoms with E-state index in [4.69, 9.17) is 10.8 Å². The molecule has 0 bridgehead atoms. The van der Waals surface area contributed by atoms with Gasteiger partial charge in [0, 0.05) is 36.5 Å². The predicted molar refractivity (Wildman–Crippen MR) is 103 cm³/mol. The van der Waals surface area contributed by atoms with Crippen LogP contribution in [0.15, 0.2) is 36.8 Å². The molecule has 0 fully saturated rings. The molecule has 0 unspecified atom stereocenters. The Morgan fingerprint density at radius 1 is 1.24 bits per heavy atom. The molecule has 3 aromatic heterocycles. The number of nitrogens with zero attached hydrogens (tertiary/aromatic N) is 4. The second-order valence-electron chi connectivity index (χ2n) is 5.90. The largest absolute Gasteiger partial charge is 0.320 e.